The van der Waals surface area contributed by atoms with Crippen molar-refractivity contribution < 1.29 is 21.6 Å². The Kier molecular flexibility index (Phi) is 6.07. The maximum atomic E-state index is 13.1. The Morgan fingerprint density at radius 1 is 0.931 bits per heavy atom. The van der Waals surface area contributed by atoms with E-state index in [-0.39, 0.29) is 27.3 Å². The van der Waals surface area contributed by atoms with Crippen molar-refractivity contribution in [3.05, 3.63) is 35.7 Å². The molecule has 1 aliphatic rings. The van der Waals surface area contributed by atoms with E-state index in [1.807, 2.05) is 13.8 Å². The number of hydrogen-bond acceptors (Lipinski definition) is 6. The first-order valence-corrected chi connectivity index (χ1v) is 12.5. The van der Waals surface area contributed by atoms with Gasteiger partial charge in [-0.25, -0.2) is 8.42 Å². The van der Waals surface area contributed by atoms with Crippen molar-refractivity contribution in [1.82, 2.24) is 13.5 Å². The summed E-state index contributed by atoms with van der Waals surface area (Å²) in [6.45, 7) is 7.64. The molecular weight excluding hydrogens is 414 g/mol. The van der Waals surface area contributed by atoms with Gasteiger partial charge in [0.25, 0.3) is 10.0 Å². The maximum Gasteiger partial charge on any atom is 0.283 e. The lowest BCUT2D eigenvalue weighted by Gasteiger charge is -2.25. The lowest BCUT2D eigenvalue weighted by atomic mass is 10.2. The summed E-state index contributed by atoms with van der Waals surface area (Å²) in [6.07, 6.45) is 2.56. The third kappa shape index (κ3) is 4.19. The monoisotopic (exact) mass is 441 g/mol. The Labute approximate surface area is 172 Å². The SMILES string of the molecule is Cc1nn(S(=O)(=O)c2ccc(OC(C)C)cc2)c(C)c1S(=O)(=O)N1CCCCC1. The average Bonchev–Trinajstić information content (AvgIpc) is 2.98. The van der Waals surface area contributed by atoms with Crippen LogP contribution in [0.1, 0.15) is 44.5 Å². The van der Waals surface area contributed by atoms with E-state index in [1.165, 1.54) is 30.3 Å². The molecule has 10 heteroatoms. The average molecular weight is 442 g/mol. The van der Waals surface area contributed by atoms with Gasteiger partial charge < -0.3 is 4.74 Å². The molecule has 0 saturated carbocycles. The smallest absolute Gasteiger partial charge is 0.283 e. The van der Waals surface area contributed by atoms with Crippen molar-refractivity contribution in [2.45, 2.75) is 62.9 Å². The van der Waals surface area contributed by atoms with Gasteiger partial charge in [-0.3, -0.25) is 0 Å². The second kappa shape index (κ2) is 8.08. The molecule has 1 saturated heterocycles. The number of rotatable bonds is 6. The Balaban J connectivity index is 2.00. The topological polar surface area (TPSA) is 98.6 Å². The zero-order chi connectivity index (χ0) is 21.4. The third-order valence-electron chi connectivity index (χ3n) is 4.82. The summed E-state index contributed by atoms with van der Waals surface area (Å²) in [7, 11) is -7.84. The molecule has 2 heterocycles. The third-order valence-corrected chi connectivity index (χ3v) is 8.65. The highest BCUT2D eigenvalue weighted by Gasteiger charge is 2.34. The normalized spacial score (nSPS) is 16.3. The van der Waals surface area contributed by atoms with Crippen LogP contribution >= 0.6 is 0 Å². The van der Waals surface area contributed by atoms with Crippen LogP contribution in [-0.2, 0) is 20.0 Å². The zero-order valence-corrected chi connectivity index (χ0v) is 18.8. The Morgan fingerprint density at radius 2 is 1.52 bits per heavy atom. The van der Waals surface area contributed by atoms with Gasteiger partial charge in [-0.1, -0.05) is 6.42 Å². The molecule has 1 aromatic heterocycles. The van der Waals surface area contributed by atoms with E-state index in [0.717, 1.165) is 23.3 Å². The van der Waals surface area contributed by atoms with Crippen LogP contribution in [0.4, 0.5) is 0 Å². The van der Waals surface area contributed by atoms with Crippen LogP contribution in [0, 0.1) is 13.8 Å². The van der Waals surface area contributed by atoms with E-state index in [2.05, 4.69) is 5.10 Å². The molecule has 3 rings (SSSR count). The number of hydrogen-bond donors (Lipinski definition) is 0. The second-order valence-electron chi connectivity index (χ2n) is 7.45. The molecule has 0 spiro atoms. The zero-order valence-electron chi connectivity index (χ0n) is 17.1. The Hall–Kier alpha value is -1.91. The van der Waals surface area contributed by atoms with Crippen molar-refractivity contribution in [3.8, 4) is 5.75 Å². The van der Waals surface area contributed by atoms with Crippen molar-refractivity contribution in [3.63, 3.8) is 0 Å². The van der Waals surface area contributed by atoms with Crippen LogP contribution in [-0.4, -0.2) is 49.5 Å². The number of aromatic nitrogens is 2. The predicted octanol–water partition coefficient (Wildman–Crippen LogP) is 2.70. The molecule has 0 radical (unpaired) electrons. The molecule has 29 heavy (non-hydrogen) atoms. The minimum Gasteiger partial charge on any atom is -0.491 e. The molecule has 160 valence electrons. The Bertz CT molecular complexity index is 1080. The highest BCUT2D eigenvalue weighted by Crippen LogP contribution is 2.28. The largest absolute Gasteiger partial charge is 0.491 e. The molecule has 1 aromatic carbocycles. The molecule has 1 fully saturated rings. The number of sulfonamides is 1. The lowest BCUT2D eigenvalue weighted by molar-refractivity contribution is 0.242. The molecule has 1 aliphatic heterocycles. The first-order chi connectivity index (χ1) is 13.5. The van der Waals surface area contributed by atoms with E-state index < -0.39 is 20.0 Å². The summed E-state index contributed by atoms with van der Waals surface area (Å²) in [5, 5.41) is 4.08. The fourth-order valence-corrected chi connectivity index (χ4v) is 6.80. The van der Waals surface area contributed by atoms with Gasteiger partial charge in [0, 0.05) is 13.1 Å². The molecular formula is C19H27N3O5S2. The number of piperidine rings is 1. The van der Waals surface area contributed by atoms with Gasteiger partial charge in [0.05, 0.1) is 22.4 Å². The minimum absolute atomic E-state index is 0.0149. The van der Waals surface area contributed by atoms with Gasteiger partial charge in [0.2, 0.25) is 10.0 Å². The van der Waals surface area contributed by atoms with Crippen LogP contribution in [0.25, 0.3) is 0 Å². The summed E-state index contributed by atoms with van der Waals surface area (Å²) >= 11 is 0. The van der Waals surface area contributed by atoms with Gasteiger partial charge in [-0.2, -0.15) is 21.9 Å². The standard InChI is InChI=1S/C19H27N3O5S2/c1-14(2)27-17-8-10-18(11-9-17)28(23,24)22-16(4)19(15(3)20-22)29(25,26)21-12-6-5-7-13-21/h8-11,14H,5-7,12-13H2,1-4H3. The molecule has 0 unspecified atom stereocenters. The van der Waals surface area contributed by atoms with E-state index in [9.17, 15) is 16.8 Å². The Morgan fingerprint density at radius 3 is 2.07 bits per heavy atom. The van der Waals surface area contributed by atoms with Crippen LogP contribution in [0.15, 0.2) is 34.1 Å². The van der Waals surface area contributed by atoms with E-state index >= 15 is 0 Å². The second-order valence-corrected chi connectivity index (χ2v) is 11.1. The first-order valence-electron chi connectivity index (χ1n) is 9.64. The molecule has 8 nitrogen and oxygen atoms in total. The minimum atomic E-state index is -4.04. The van der Waals surface area contributed by atoms with E-state index in [0.29, 0.717) is 18.8 Å². The van der Waals surface area contributed by atoms with Crippen molar-refractivity contribution in [2.24, 2.45) is 0 Å². The van der Waals surface area contributed by atoms with Crippen molar-refractivity contribution in [2.75, 3.05) is 13.1 Å². The summed E-state index contributed by atoms with van der Waals surface area (Å²) in [6, 6.07) is 6.01. The molecule has 0 atom stereocenters. The summed E-state index contributed by atoms with van der Waals surface area (Å²) < 4.78 is 60.2. The lowest BCUT2D eigenvalue weighted by Crippen LogP contribution is -2.36. The number of aryl methyl sites for hydroxylation is 1. The van der Waals surface area contributed by atoms with Gasteiger partial charge in [-0.15, -0.1) is 0 Å². The van der Waals surface area contributed by atoms with Crippen molar-refractivity contribution >= 4 is 20.0 Å². The maximum absolute atomic E-state index is 13.1. The van der Waals surface area contributed by atoms with Gasteiger partial charge >= 0.3 is 0 Å². The summed E-state index contributed by atoms with van der Waals surface area (Å²) in [5.41, 5.74) is 0.270. The number of nitrogens with zero attached hydrogens (tertiary/aromatic N) is 3. The summed E-state index contributed by atoms with van der Waals surface area (Å²) in [4.78, 5) is -0.0103. The molecule has 0 aliphatic carbocycles. The highest BCUT2D eigenvalue weighted by molar-refractivity contribution is 7.90. The van der Waals surface area contributed by atoms with Crippen LogP contribution in [0.2, 0.25) is 0 Å². The molecule has 0 N–H and O–H groups in total. The molecule has 0 amide bonds. The van der Waals surface area contributed by atoms with Gasteiger partial charge in [0.15, 0.2) is 0 Å². The van der Waals surface area contributed by atoms with Gasteiger partial charge in [0.1, 0.15) is 10.6 Å². The van der Waals surface area contributed by atoms with Crippen LogP contribution in [0.3, 0.4) is 0 Å². The fraction of sp³-hybridized carbons (Fsp3) is 0.526. The number of benzene rings is 1. The number of ether oxygens (including phenoxy) is 1. The first kappa shape index (κ1) is 21.8. The highest BCUT2D eigenvalue weighted by atomic mass is 32.2. The predicted molar refractivity (Wildman–Crippen MR) is 109 cm³/mol. The van der Waals surface area contributed by atoms with Crippen LogP contribution < -0.4 is 4.74 Å². The fourth-order valence-electron chi connectivity index (χ4n) is 3.51. The van der Waals surface area contributed by atoms with E-state index in [1.54, 1.807) is 12.1 Å². The van der Waals surface area contributed by atoms with Crippen LogP contribution in [0.5, 0.6) is 5.75 Å². The summed E-state index contributed by atoms with van der Waals surface area (Å²) in [5.74, 6) is 0.556. The van der Waals surface area contributed by atoms with Gasteiger partial charge in [-0.05, 0) is 64.8 Å². The molecule has 2 aromatic rings. The van der Waals surface area contributed by atoms with E-state index in [4.69, 9.17) is 4.74 Å². The van der Waals surface area contributed by atoms with Crippen molar-refractivity contribution in [1.29, 1.82) is 0 Å². The molecule has 0 bridgehead atoms. The quantitative estimate of drug-likeness (QED) is 0.683.